The third-order valence-corrected chi connectivity index (χ3v) is 6.41. The Labute approximate surface area is 161 Å². The number of carbonyl (C=O) groups excluding carboxylic acids is 1. The predicted molar refractivity (Wildman–Crippen MR) is 105 cm³/mol. The van der Waals surface area contributed by atoms with Gasteiger partial charge in [0.2, 0.25) is 5.91 Å². The highest BCUT2D eigenvalue weighted by molar-refractivity contribution is 5.76. The molecule has 1 N–H and O–H groups in total. The van der Waals surface area contributed by atoms with E-state index in [4.69, 9.17) is 4.74 Å². The van der Waals surface area contributed by atoms with Crippen molar-refractivity contribution >= 4 is 5.91 Å². The van der Waals surface area contributed by atoms with E-state index < -0.39 is 0 Å². The molecule has 1 aromatic carbocycles. The van der Waals surface area contributed by atoms with Gasteiger partial charge in [0.05, 0.1) is 12.8 Å². The highest BCUT2D eigenvalue weighted by atomic mass is 16.5. The largest absolute Gasteiger partial charge is 0.497 e. The van der Waals surface area contributed by atoms with Crippen LogP contribution in [0.4, 0.5) is 0 Å². The summed E-state index contributed by atoms with van der Waals surface area (Å²) in [5.74, 6) is 2.64. The lowest BCUT2D eigenvalue weighted by molar-refractivity contribution is -0.125. The Hall–Kier alpha value is -2.30. The van der Waals surface area contributed by atoms with Crippen molar-refractivity contribution in [1.29, 1.82) is 0 Å². The second-order valence-corrected chi connectivity index (χ2v) is 8.09. The number of ether oxygens (including phenoxy) is 1. The molecule has 1 heterocycles. The fourth-order valence-electron chi connectivity index (χ4n) is 5.15. The fraction of sp³-hybridized carbons (Fsp3) is 0.545. The van der Waals surface area contributed by atoms with Crippen LogP contribution in [0.25, 0.3) is 0 Å². The lowest BCUT2D eigenvalue weighted by Gasteiger charge is -2.55. The number of amides is 1. The molecule has 1 amide bonds. The summed E-state index contributed by atoms with van der Waals surface area (Å²) in [5.41, 5.74) is 3.29. The molecule has 4 rings (SSSR count). The number of fused-ring (bicyclic) bond motifs is 1. The number of nitrogens with one attached hydrogen (secondary N) is 1. The topological polar surface area (TPSA) is 56.1 Å². The molecule has 5 heteroatoms. The molecule has 2 aromatic rings. The van der Waals surface area contributed by atoms with Gasteiger partial charge in [-0.05, 0) is 62.3 Å². The Kier molecular flexibility index (Phi) is 4.94. The van der Waals surface area contributed by atoms with Crippen LogP contribution in [0.1, 0.15) is 48.6 Å². The van der Waals surface area contributed by atoms with Crippen LogP contribution in [0.5, 0.6) is 5.75 Å². The molecule has 2 unspecified atom stereocenters. The Morgan fingerprint density at radius 2 is 1.89 bits per heavy atom. The lowest BCUT2D eigenvalue weighted by Crippen LogP contribution is -2.59. The van der Waals surface area contributed by atoms with Crippen molar-refractivity contribution < 1.29 is 9.53 Å². The van der Waals surface area contributed by atoms with Crippen LogP contribution in [0.15, 0.2) is 30.3 Å². The van der Waals surface area contributed by atoms with Gasteiger partial charge in [-0.3, -0.25) is 9.48 Å². The maximum absolute atomic E-state index is 12.7. The highest BCUT2D eigenvalue weighted by Gasteiger charge is 2.51. The van der Waals surface area contributed by atoms with E-state index in [1.54, 1.807) is 11.8 Å². The van der Waals surface area contributed by atoms with Crippen LogP contribution in [-0.2, 0) is 11.3 Å². The number of carbonyl (C=O) groups is 1. The third-order valence-electron chi connectivity index (χ3n) is 6.41. The highest BCUT2D eigenvalue weighted by Crippen LogP contribution is 2.54. The second-order valence-electron chi connectivity index (χ2n) is 8.09. The van der Waals surface area contributed by atoms with Gasteiger partial charge in [0.25, 0.3) is 0 Å². The Morgan fingerprint density at radius 1 is 1.19 bits per heavy atom. The van der Waals surface area contributed by atoms with Crippen molar-refractivity contribution in [2.75, 3.05) is 7.11 Å². The van der Waals surface area contributed by atoms with E-state index in [1.165, 1.54) is 31.2 Å². The maximum Gasteiger partial charge on any atom is 0.241 e. The number of rotatable bonds is 5. The van der Waals surface area contributed by atoms with Crippen LogP contribution >= 0.6 is 0 Å². The van der Waals surface area contributed by atoms with Crippen molar-refractivity contribution in [3.8, 4) is 5.75 Å². The minimum atomic E-state index is 0.0636. The zero-order chi connectivity index (χ0) is 19.0. The van der Waals surface area contributed by atoms with E-state index in [0.29, 0.717) is 24.3 Å². The van der Waals surface area contributed by atoms with E-state index in [-0.39, 0.29) is 11.9 Å². The van der Waals surface area contributed by atoms with Gasteiger partial charge in [-0.2, -0.15) is 5.10 Å². The molecule has 0 aliphatic heterocycles. The summed E-state index contributed by atoms with van der Waals surface area (Å²) in [6.45, 7) is 4.25. The second kappa shape index (κ2) is 7.37. The Bertz CT molecular complexity index is 811. The number of aromatic nitrogens is 2. The molecule has 0 saturated heterocycles. The number of hydrogen-bond acceptors (Lipinski definition) is 3. The molecule has 144 valence electrons. The van der Waals surface area contributed by atoms with Crippen molar-refractivity contribution in [3.63, 3.8) is 0 Å². The lowest BCUT2D eigenvalue weighted by atomic mass is 9.53. The summed E-state index contributed by atoms with van der Waals surface area (Å²) < 4.78 is 7.09. The molecular weight excluding hydrogens is 338 g/mol. The number of nitrogens with zero attached hydrogens (tertiary/aromatic N) is 2. The SMILES string of the molecule is COc1ccc([C@H]2C3CCCCC3[C@@H]2NC(=O)Cn2nc(C)cc2C)cc1. The van der Waals surface area contributed by atoms with E-state index in [9.17, 15) is 4.79 Å². The molecule has 0 spiro atoms. The molecule has 2 saturated carbocycles. The summed E-state index contributed by atoms with van der Waals surface area (Å²) in [4.78, 5) is 12.7. The van der Waals surface area contributed by atoms with Crippen LogP contribution in [0.3, 0.4) is 0 Å². The van der Waals surface area contributed by atoms with Crippen molar-refractivity contribution in [2.24, 2.45) is 11.8 Å². The van der Waals surface area contributed by atoms with Gasteiger partial charge in [0, 0.05) is 17.7 Å². The zero-order valence-corrected chi connectivity index (χ0v) is 16.4. The van der Waals surface area contributed by atoms with Crippen LogP contribution in [-0.4, -0.2) is 28.8 Å². The maximum atomic E-state index is 12.7. The predicted octanol–water partition coefficient (Wildman–Crippen LogP) is 3.60. The molecule has 2 aliphatic rings. The number of methoxy groups -OCH3 is 1. The van der Waals surface area contributed by atoms with Crippen molar-refractivity contribution in [3.05, 3.63) is 47.3 Å². The van der Waals surface area contributed by atoms with Crippen molar-refractivity contribution in [2.45, 2.75) is 58.0 Å². The average Bonchev–Trinajstić information content (AvgIpc) is 2.97. The normalized spacial score (nSPS) is 26.8. The van der Waals surface area contributed by atoms with E-state index >= 15 is 0 Å². The summed E-state index contributed by atoms with van der Waals surface area (Å²) in [6, 6.07) is 10.6. The minimum Gasteiger partial charge on any atom is -0.497 e. The Morgan fingerprint density at radius 3 is 2.52 bits per heavy atom. The summed E-state index contributed by atoms with van der Waals surface area (Å²) in [5, 5.41) is 7.77. The van der Waals surface area contributed by atoms with Gasteiger partial charge in [-0.1, -0.05) is 25.0 Å². The molecular formula is C22H29N3O2. The van der Waals surface area contributed by atoms with Gasteiger partial charge in [0.15, 0.2) is 0 Å². The molecule has 2 fully saturated rings. The zero-order valence-electron chi connectivity index (χ0n) is 16.4. The van der Waals surface area contributed by atoms with Gasteiger partial charge >= 0.3 is 0 Å². The quantitative estimate of drug-likeness (QED) is 0.878. The van der Waals surface area contributed by atoms with Crippen LogP contribution in [0.2, 0.25) is 0 Å². The van der Waals surface area contributed by atoms with Crippen molar-refractivity contribution in [1.82, 2.24) is 15.1 Å². The van der Waals surface area contributed by atoms with Gasteiger partial charge < -0.3 is 10.1 Å². The van der Waals surface area contributed by atoms with E-state index in [2.05, 4.69) is 22.5 Å². The molecule has 1 aromatic heterocycles. The monoisotopic (exact) mass is 367 g/mol. The van der Waals surface area contributed by atoms with Crippen LogP contribution in [0, 0.1) is 25.7 Å². The molecule has 27 heavy (non-hydrogen) atoms. The van der Waals surface area contributed by atoms with E-state index in [1.807, 2.05) is 32.0 Å². The first-order valence-electron chi connectivity index (χ1n) is 10.0. The first-order chi connectivity index (χ1) is 13.1. The number of hydrogen-bond donors (Lipinski definition) is 1. The molecule has 4 atom stereocenters. The molecule has 5 nitrogen and oxygen atoms in total. The average molecular weight is 367 g/mol. The summed E-state index contributed by atoms with van der Waals surface area (Å²) in [7, 11) is 1.69. The third kappa shape index (κ3) is 3.47. The molecule has 0 radical (unpaired) electrons. The molecule has 2 aliphatic carbocycles. The van der Waals surface area contributed by atoms with Gasteiger partial charge in [-0.15, -0.1) is 0 Å². The van der Waals surface area contributed by atoms with E-state index in [0.717, 1.165) is 17.1 Å². The first kappa shape index (κ1) is 18.1. The molecule has 0 bridgehead atoms. The number of benzene rings is 1. The van der Waals surface area contributed by atoms with Crippen LogP contribution < -0.4 is 10.1 Å². The standard InChI is InChI=1S/C22H29N3O2/c1-14-12-15(2)25(24-14)13-20(26)23-22-19-7-5-4-6-18(19)21(22)16-8-10-17(27-3)11-9-16/h8-12,18-19,21-22H,4-7,13H2,1-3H3,(H,23,26)/t18?,19?,21-,22-/m0/s1. The fourth-order valence-corrected chi connectivity index (χ4v) is 5.15. The Balaban J connectivity index is 1.49. The summed E-state index contributed by atoms with van der Waals surface area (Å²) in [6.07, 6.45) is 5.08. The summed E-state index contributed by atoms with van der Waals surface area (Å²) >= 11 is 0. The first-order valence-corrected chi connectivity index (χ1v) is 10.0. The smallest absolute Gasteiger partial charge is 0.241 e. The number of aryl methyl sites for hydroxylation is 2. The van der Waals surface area contributed by atoms with Gasteiger partial charge in [0.1, 0.15) is 12.3 Å². The minimum absolute atomic E-state index is 0.0636. The van der Waals surface area contributed by atoms with Gasteiger partial charge in [-0.25, -0.2) is 0 Å².